The van der Waals surface area contributed by atoms with Gasteiger partial charge in [0, 0.05) is 77.3 Å². The zero-order chi connectivity index (χ0) is 51.1. The number of likely N-dealkylation sites (tertiary alicyclic amines) is 3. The summed E-state index contributed by atoms with van der Waals surface area (Å²) >= 11 is 0. The van der Waals surface area contributed by atoms with Crippen LogP contribution in [0.2, 0.25) is 0 Å². The van der Waals surface area contributed by atoms with E-state index >= 15 is 8.78 Å². The van der Waals surface area contributed by atoms with E-state index in [0.29, 0.717) is 118 Å². The van der Waals surface area contributed by atoms with Gasteiger partial charge in [0.2, 0.25) is 17.7 Å². The van der Waals surface area contributed by atoms with E-state index in [4.69, 9.17) is 4.74 Å². The van der Waals surface area contributed by atoms with Gasteiger partial charge in [-0.3, -0.25) is 33.7 Å². The first-order valence-electron chi connectivity index (χ1n) is 27.3. The molecule has 4 saturated heterocycles. The molecular formula is C57H68F2N8O7. The number of aromatic amines is 1. The van der Waals surface area contributed by atoms with E-state index in [1.165, 1.54) is 12.1 Å². The third-order valence-electron chi connectivity index (χ3n) is 17.6. The second-order valence-electron chi connectivity index (χ2n) is 22.2. The number of ether oxygens (including phenoxy) is 1. The molecule has 0 bridgehead atoms. The van der Waals surface area contributed by atoms with Crippen LogP contribution in [0.3, 0.4) is 0 Å². The molecule has 3 aliphatic carbocycles. The number of rotatable bonds is 13. The quantitative estimate of drug-likeness (QED) is 0.162. The first kappa shape index (κ1) is 50.1. The van der Waals surface area contributed by atoms with E-state index in [1.54, 1.807) is 46.2 Å². The van der Waals surface area contributed by atoms with Crippen LogP contribution in [0.4, 0.5) is 8.78 Å². The van der Waals surface area contributed by atoms with Crippen LogP contribution < -0.4 is 10.9 Å². The third kappa shape index (κ3) is 10.5. The molecule has 0 radical (unpaired) electrons. The first-order chi connectivity index (χ1) is 35.9. The van der Waals surface area contributed by atoms with Crippen LogP contribution in [-0.2, 0) is 25.5 Å². The van der Waals surface area contributed by atoms with Gasteiger partial charge < -0.3 is 29.7 Å². The number of hydrogen-bond donors (Lipinski definition) is 2. The maximum absolute atomic E-state index is 16.3. The monoisotopic (exact) mass is 1010 g/mol. The number of carbonyl (C=O) groups excluding carboxylic acids is 5. The van der Waals surface area contributed by atoms with Gasteiger partial charge in [0.15, 0.2) is 0 Å². The minimum Gasteiger partial charge on any atom is -0.375 e. The Morgan fingerprint density at radius 3 is 2.04 bits per heavy atom. The van der Waals surface area contributed by atoms with Crippen LogP contribution in [0, 0.1) is 28.9 Å². The van der Waals surface area contributed by atoms with Gasteiger partial charge in [0.1, 0.15) is 17.7 Å². The Morgan fingerprint density at radius 1 is 0.703 bits per heavy atom. The predicted octanol–water partition coefficient (Wildman–Crippen LogP) is 6.04. The van der Waals surface area contributed by atoms with Crippen molar-refractivity contribution in [2.24, 2.45) is 17.3 Å². The lowest BCUT2D eigenvalue weighted by molar-refractivity contribution is -0.140. The second kappa shape index (κ2) is 21.3. The fourth-order valence-electron chi connectivity index (χ4n) is 12.7. The van der Waals surface area contributed by atoms with Gasteiger partial charge in [0.25, 0.3) is 17.4 Å². The highest BCUT2D eigenvalue weighted by Crippen LogP contribution is 2.76. The van der Waals surface area contributed by atoms with Crippen molar-refractivity contribution in [3.63, 3.8) is 0 Å². The summed E-state index contributed by atoms with van der Waals surface area (Å²) in [6, 6.07) is 15.9. The lowest BCUT2D eigenvalue weighted by atomic mass is 9.82. The Bertz CT molecular complexity index is 2830. The topological polar surface area (TPSA) is 169 Å². The van der Waals surface area contributed by atoms with Crippen molar-refractivity contribution < 1.29 is 37.5 Å². The minimum absolute atomic E-state index is 0.00560. The second-order valence-corrected chi connectivity index (χ2v) is 22.2. The fourth-order valence-corrected chi connectivity index (χ4v) is 12.7. The molecule has 4 aliphatic heterocycles. The number of piperidine rings is 3. The van der Waals surface area contributed by atoms with Crippen molar-refractivity contribution in [3.05, 3.63) is 111 Å². The minimum atomic E-state index is -0.738. The lowest BCUT2D eigenvalue weighted by Gasteiger charge is -2.40. The number of carbonyl (C=O) groups is 5. The van der Waals surface area contributed by atoms with Crippen LogP contribution >= 0.6 is 0 Å². The number of fused-ring (bicyclic) bond motifs is 2. The summed E-state index contributed by atoms with van der Waals surface area (Å²) in [6.45, 7) is 5.20. The molecule has 5 heterocycles. The van der Waals surface area contributed by atoms with Gasteiger partial charge in [0.05, 0.1) is 46.4 Å². The summed E-state index contributed by atoms with van der Waals surface area (Å²) < 4.78 is 38.0. The molecule has 3 saturated carbocycles. The molecule has 4 aromatic rings. The fraction of sp³-hybridized carbons (Fsp3) is 0.561. The molecule has 1 aromatic heterocycles. The molecule has 15 nitrogen and oxygen atoms in total. The van der Waals surface area contributed by atoms with Crippen molar-refractivity contribution >= 4 is 40.3 Å². The molecule has 7 aliphatic rings. The van der Waals surface area contributed by atoms with Crippen molar-refractivity contribution in [2.75, 3.05) is 72.0 Å². The molecule has 1 unspecified atom stereocenters. The Labute approximate surface area is 430 Å². The zero-order valence-electron chi connectivity index (χ0n) is 42.2. The molecule has 2 N–H and O–H groups in total. The molecule has 1 atom stereocenters. The molecule has 74 heavy (non-hydrogen) atoms. The molecular weight excluding hydrogens is 947 g/mol. The van der Waals surface area contributed by atoms with Gasteiger partial charge in [-0.25, -0.2) is 13.9 Å². The normalized spacial score (nSPS) is 23.6. The zero-order valence-corrected chi connectivity index (χ0v) is 42.2. The van der Waals surface area contributed by atoms with Gasteiger partial charge >= 0.3 is 0 Å². The molecule has 0 spiro atoms. The van der Waals surface area contributed by atoms with E-state index in [2.05, 4.69) is 20.4 Å². The largest absolute Gasteiger partial charge is 0.375 e. The maximum atomic E-state index is 16.3. The van der Waals surface area contributed by atoms with E-state index in [-0.39, 0.29) is 83.5 Å². The highest BCUT2D eigenvalue weighted by atomic mass is 19.1. The number of aromatic nitrogens is 2. The summed E-state index contributed by atoms with van der Waals surface area (Å²) in [5.41, 5.74) is 1.38. The number of benzene rings is 3. The summed E-state index contributed by atoms with van der Waals surface area (Å²) in [7, 11) is 0. The standard InChI is InChI=1S/C57H68F2N8O7/c58-47-14-13-36(32-48-43-9-4-5-10-44(43)53(70)62-61-48)31-46(47)54(71)66-29-27-64(28-30-66)49(68)35-63-21-17-40(18-22-63)74-41-19-25-65(26-20-41)55(72)51(38-7-2-1-3-8-38)60-52(69)45-12-6-11-42(50(45)59)37-15-23-67(24-16-37)56(73)57-33-39(57)34-57/h4-6,9-14,31,37-41,51H,1-3,7-8,15-30,32-35H2,(H,60,69)(H,62,70). The summed E-state index contributed by atoms with van der Waals surface area (Å²) in [4.78, 5) is 90.0. The summed E-state index contributed by atoms with van der Waals surface area (Å²) in [6.07, 6.45) is 11.3. The highest BCUT2D eigenvalue weighted by molar-refractivity contribution is 5.98. The van der Waals surface area contributed by atoms with E-state index in [1.807, 2.05) is 21.9 Å². The van der Waals surface area contributed by atoms with Gasteiger partial charge in [-0.05, 0) is 117 Å². The number of H-pyrrole nitrogens is 1. The molecule has 17 heteroatoms. The average molecular weight is 1020 g/mol. The lowest BCUT2D eigenvalue weighted by Crippen LogP contribution is -2.55. The van der Waals surface area contributed by atoms with E-state index in [0.717, 1.165) is 57.8 Å². The number of nitrogens with zero attached hydrogens (tertiary/aromatic N) is 6. The third-order valence-corrected chi connectivity index (χ3v) is 17.6. The van der Waals surface area contributed by atoms with Crippen molar-refractivity contribution in [2.45, 2.75) is 114 Å². The number of hydrogen-bond acceptors (Lipinski definition) is 9. The number of amides is 5. The van der Waals surface area contributed by atoms with Crippen LogP contribution in [0.1, 0.15) is 127 Å². The predicted molar refractivity (Wildman–Crippen MR) is 272 cm³/mol. The SMILES string of the molecule is O=C(NC(C(=O)N1CCC(OC2CCN(CC(=O)N3CCN(C(=O)c4cc(Cc5n[nH]c(=O)c6ccccc56)ccc4F)CC3)CC2)CC1)C1CCCCC1)c1cccc(C2CCN(C(=O)C34CC3C4)CC2)c1F. The molecule has 392 valence electrons. The van der Waals surface area contributed by atoms with Crippen molar-refractivity contribution in [1.29, 1.82) is 0 Å². The summed E-state index contributed by atoms with van der Waals surface area (Å²) in [5, 5.41) is 11.0. The highest BCUT2D eigenvalue weighted by Gasteiger charge is 2.75. The van der Waals surface area contributed by atoms with Gasteiger partial charge in [-0.1, -0.05) is 55.7 Å². The van der Waals surface area contributed by atoms with Crippen molar-refractivity contribution in [3.8, 4) is 0 Å². The number of halogens is 2. The Hall–Kier alpha value is -6.07. The van der Waals surface area contributed by atoms with Gasteiger partial charge in [-0.2, -0.15) is 5.10 Å². The van der Waals surface area contributed by atoms with Crippen LogP contribution in [0.5, 0.6) is 0 Å². The number of nitrogens with one attached hydrogen (secondary N) is 2. The molecule has 7 fully saturated rings. The van der Waals surface area contributed by atoms with Crippen molar-refractivity contribution in [1.82, 2.24) is 40.0 Å². The molecule has 5 amide bonds. The number of piperazine rings is 1. The Kier molecular flexibility index (Phi) is 14.4. The summed E-state index contributed by atoms with van der Waals surface area (Å²) in [5.74, 6) is -1.49. The smallest absolute Gasteiger partial charge is 0.272 e. The van der Waals surface area contributed by atoms with Gasteiger partial charge in [-0.15, -0.1) is 0 Å². The average Bonchev–Trinajstić information content (AvgIpc) is 4.47. The Morgan fingerprint density at radius 2 is 1.35 bits per heavy atom. The maximum Gasteiger partial charge on any atom is 0.272 e. The Balaban J connectivity index is 0.617. The molecule has 3 aromatic carbocycles. The van der Waals surface area contributed by atoms with Crippen LogP contribution in [-0.4, -0.2) is 154 Å². The van der Waals surface area contributed by atoms with E-state index < -0.39 is 29.5 Å². The molecule has 11 rings (SSSR count). The van der Waals surface area contributed by atoms with Crippen LogP contribution in [0.25, 0.3) is 10.8 Å². The van der Waals surface area contributed by atoms with E-state index in [9.17, 15) is 28.8 Å². The first-order valence-corrected chi connectivity index (χ1v) is 27.3. The van der Waals surface area contributed by atoms with Crippen LogP contribution in [0.15, 0.2) is 65.5 Å².